The number of para-hydroxylation sites is 1. The molecule has 3 rings (SSSR count). The van der Waals surface area contributed by atoms with Crippen molar-refractivity contribution in [2.24, 2.45) is 0 Å². The number of aryl methyl sites for hydroxylation is 3. The number of carbonyl (C=O) groups excluding carboxylic acids is 1. The third-order valence-corrected chi connectivity index (χ3v) is 5.32. The molecule has 0 aromatic heterocycles. The summed E-state index contributed by atoms with van der Waals surface area (Å²) in [6.45, 7) is 6.33. The third-order valence-electron chi connectivity index (χ3n) is 4.24. The lowest BCUT2D eigenvalue weighted by atomic mass is 10.1. The van der Waals surface area contributed by atoms with E-state index in [2.05, 4.69) is 47.9 Å². The van der Waals surface area contributed by atoms with E-state index < -0.39 is 0 Å². The van der Waals surface area contributed by atoms with Gasteiger partial charge in [0, 0.05) is 21.2 Å². The van der Waals surface area contributed by atoms with Crippen LogP contribution in [0.4, 0.5) is 11.4 Å². The van der Waals surface area contributed by atoms with Gasteiger partial charge in [-0.15, -0.1) is 0 Å². The van der Waals surface area contributed by atoms with Gasteiger partial charge in [0.15, 0.2) is 0 Å². The fourth-order valence-corrected chi connectivity index (χ4v) is 4.00. The molecule has 0 aliphatic rings. The Balaban J connectivity index is 1.66. The van der Waals surface area contributed by atoms with Gasteiger partial charge in [0.2, 0.25) is 5.91 Å². The first-order valence-electron chi connectivity index (χ1n) is 8.96. The summed E-state index contributed by atoms with van der Waals surface area (Å²) in [7, 11) is 0. The van der Waals surface area contributed by atoms with Crippen LogP contribution in [0.2, 0.25) is 0 Å². The van der Waals surface area contributed by atoms with Gasteiger partial charge in [0.1, 0.15) is 0 Å². The molecule has 3 nitrogen and oxygen atoms in total. The van der Waals surface area contributed by atoms with Crippen molar-refractivity contribution in [1.29, 1.82) is 0 Å². The Morgan fingerprint density at radius 3 is 2.22 bits per heavy atom. The molecule has 0 unspecified atom stereocenters. The molecule has 1 amide bonds. The Morgan fingerprint density at radius 1 is 0.889 bits per heavy atom. The fourth-order valence-electron chi connectivity index (χ4n) is 3.05. The van der Waals surface area contributed by atoms with Gasteiger partial charge in [-0.1, -0.05) is 59.8 Å². The van der Waals surface area contributed by atoms with Crippen molar-refractivity contribution in [3.63, 3.8) is 0 Å². The van der Waals surface area contributed by atoms with Gasteiger partial charge in [0.25, 0.3) is 0 Å². The predicted molar refractivity (Wildman–Crippen MR) is 115 cm³/mol. The van der Waals surface area contributed by atoms with Crippen LogP contribution in [-0.4, -0.2) is 12.5 Å². The van der Waals surface area contributed by atoms with E-state index in [0.717, 1.165) is 27.4 Å². The summed E-state index contributed by atoms with van der Waals surface area (Å²) in [5.74, 6) is -0.0513. The molecule has 138 valence electrons. The van der Waals surface area contributed by atoms with Gasteiger partial charge < -0.3 is 10.6 Å². The van der Waals surface area contributed by atoms with E-state index in [9.17, 15) is 4.79 Å². The topological polar surface area (TPSA) is 41.1 Å². The number of anilines is 2. The molecule has 0 radical (unpaired) electrons. The Hall–Kier alpha value is -2.72. The molecule has 0 bridgehead atoms. The number of hydrogen-bond acceptors (Lipinski definition) is 3. The highest BCUT2D eigenvalue weighted by Gasteiger charge is 2.10. The maximum absolute atomic E-state index is 12.5. The van der Waals surface area contributed by atoms with Gasteiger partial charge in [-0.2, -0.15) is 0 Å². The van der Waals surface area contributed by atoms with Gasteiger partial charge in [0.05, 0.1) is 6.54 Å². The van der Waals surface area contributed by atoms with Gasteiger partial charge in [-0.3, -0.25) is 4.79 Å². The fraction of sp³-hybridized carbons (Fsp3) is 0.174. The van der Waals surface area contributed by atoms with E-state index in [1.54, 1.807) is 11.8 Å². The van der Waals surface area contributed by atoms with Crippen LogP contribution in [0.15, 0.2) is 76.5 Å². The first-order chi connectivity index (χ1) is 13.0. The number of benzene rings is 3. The molecule has 2 N–H and O–H groups in total. The van der Waals surface area contributed by atoms with Crippen molar-refractivity contribution in [3.8, 4) is 0 Å². The highest BCUT2D eigenvalue weighted by Crippen LogP contribution is 2.33. The van der Waals surface area contributed by atoms with E-state index in [4.69, 9.17) is 0 Å². The average Bonchev–Trinajstić information content (AvgIpc) is 2.65. The zero-order valence-corrected chi connectivity index (χ0v) is 16.7. The van der Waals surface area contributed by atoms with E-state index in [-0.39, 0.29) is 12.5 Å². The van der Waals surface area contributed by atoms with Crippen LogP contribution >= 0.6 is 11.8 Å². The summed E-state index contributed by atoms with van der Waals surface area (Å²) in [4.78, 5) is 14.7. The third kappa shape index (κ3) is 5.14. The summed E-state index contributed by atoms with van der Waals surface area (Å²) in [6, 6.07) is 22.4. The van der Waals surface area contributed by atoms with Crippen molar-refractivity contribution < 1.29 is 4.79 Å². The number of nitrogens with one attached hydrogen (secondary N) is 2. The monoisotopic (exact) mass is 376 g/mol. The molecule has 4 heteroatoms. The maximum Gasteiger partial charge on any atom is 0.243 e. The lowest BCUT2D eigenvalue weighted by Gasteiger charge is -2.15. The zero-order chi connectivity index (χ0) is 19.2. The summed E-state index contributed by atoms with van der Waals surface area (Å²) in [6.07, 6.45) is 0. The minimum Gasteiger partial charge on any atom is -0.375 e. The lowest BCUT2D eigenvalue weighted by molar-refractivity contribution is -0.114. The first kappa shape index (κ1) is 19.1. The second kappa shape index (κ2) is 8.78. The largest absolute Gasteiger partial charge is 0.375 e. The SMILES string of the molecule is Cc1cc(C)c(NC(=O)CNc2ccccc2Sc2ccccc2)c(C)c1. The van der Waals surface area contributed by atoms with Gasteiger partial charge >= 0.3 is 0 Å². The molecule has 0 spiro atoms. The molecular formula is C23H24N2OS. The van der Waals surface area contributed by atoms with Crippen LogP contribution in [0.1, 0.15) is 16.7 Å². The molecule has 0 heterocycles. The number of amides is 1. The zero-order valence-electron chi connectivity index (χ0n) is 15.9. The predicted octanol–water partition coefficient (Wildman–Crippen LogP) is 5.81. The molecule has 0 aliphatic carbocycles. The molecule has 0 fully saturated rings. The summed E-state index contributed by atoms with van der Waals surface area (Å²) in [5, 5.41) is 6.31. The van der Waals surface area contributed by atoms with Crippen LogP contribution in [-0.2, 0) is 4.79 Å². The van der Waals surface area contributed by atoms with Crippen molar-refractivity contribution >= 4 is 29.0 Å². The summed E-state index contributed by atoms with van der Waals surface area (Å²) in [5.41, 5.74) is 5.23. The normalized spacial score (nSPS) is 10.5. The van der Waals surface area contributed by atoms with E-state index in [1.807, 2.05) is 50.2 Å². The summed E-state index contributed by atoms with van der Waals surface area (Å²) < 4.78 is 0. The first-order valence-corrected chi connectivity index (χ1v) is 9.78. The second-order valence-corrected chi connectivity index (χ2v) is 7.70. The maximum atomic E-state index is 12.5. The molecule has 0 atom stereocenters. The smallest absolute Gasteiger partial charge is 0.243 e. The Morgan fingerprint density at radius 2 is 1.52 bits per heavy atom. The van der Waals surface area contributed by atoms with Crippen LogP contribution in [0.5, 0.6) is 0 Å². The summed E-state index contributed by atoms with van der Waals surface area (Å²) >= 11 is 1.68. The van der Waals surface area contributed by atoms with Crippen LogP contribution in [0.25, 0.3) is 0 Å². The minimum absolute atomic E-state index is 0.0513. The Bertz CT molecular complexity index is 915. The highest BCUT2D eigenvalue weighted by atomic mass is 32.2. The molecule has 3 aromatic carbocycles. The van der Waals surface area contributed by atoms with Crippen LogP contribution in [0, 0.1) is 20.8 Å². The molecule has 3 aromatic rings. The van der Waals surface area contributed by atoms with E-state index in [1.165, 1.54) is 10.5 Å². The van der Waals surface area contributed by atoms with Gasteiger partial charge in [-0.25, -0.2) is 0 Å². The van der Waals surface area contributed by atoms with Crippen molar-refractivity contribution in [2.45, 2.75) is 30.6 Å². The molecule has 0 saturated carbocycles. The quantitative estimate of drug-likeness (QED) is 0.570. The lowest BCUT2D eigenvalue weighted by Crippen LogP contribution is -2.23. The van der Waals surface area contributed by atoms with E-state index >= 15 is 0 Å². The Labute approximate surface area is 165 Å². The van der Waals surface area contributed by atoms with Crippen molar-refractivity contribution in [3.05, 3.63) is 83.4 Å². The van der Waals surface area contributed by atoms with Crippen molar-refractivity contribution in [1.82, 2.24) is 0 Å². The van der Waals surface area contributed by atoms with Crippen LogP contribution in [0.3, 0.4) is 0 Å². The Kier molecular flexibility index (Phi) is 6.20. The van der Waals surface area contributed by atoms with Crippen molar-refractivity contribution in [2.75, 3.05) is 17.2 Å². The second-order valence-electron chi connectivity index (χ2n) is 6.59. The standard InChI is InChI=1S/C23H24N2OS/c1-16-13-17(2)23(18(3)14-16)25-22(26)15-24-20-11-7-8-12-21(20)27-19-9-5-4-6-10-19/h4-14,24H,15H2,1-3H3,(H,25,26). The van der Waals surface area contributed by atoms with E-state index in [0.29, 0.717) is 0 Å². The highest BCUT2D eigenvalue weighted by molar-refractivity contribution is 7.99. The molecule has 27 heavy (non-hydrogen) atoms. The molecular weight excluding hydrogens is 352 g/mol. The molecule has 0 aliphatic heterocycles. The van der Waals surface area contributed by atoms with Crippen LogP contribution < -0.4 is 10.6 Å². The number of rotatable bonds is 6. The molecule has 0 saturated heterocycles. The van der Waals surface area contributed by atoms with Gasteiger partial charge in [-0.05, 0) is 56.2 Å². The number of carbonyl (C=O) groups is 1. The minimum atomic E-state index is -0.0513. The number of hydrogen-bond donors (Lipinski definition) is 2. The average molecular weight is 377 g/mol.